The third-order valence-electron chi connectivity index (χ3n) is 3.26. The monoisotopic (exact) mass is 347 g/mol. The highest BCUT2D eigenvalue weighted by Crippen LogP contribution is 2.20. The van der Waals surface area contributed by atoms with Gasteiger partial charge in [0.15, 0.2) is 6.61 Å². The molecule has 0 bridgehead atoms. The summed E-state index contributed by atoms with van der Waals surface area (Å²) in [5, 5.41) is 0. The molecule has 0 radical (unpaired) electrons. The Balaban J connectivity index is 2.68. The Morgan fingerprint density at radius 1 is 1.29 bits per heavy atom. The number of carbonyl (C=O) groups excluding carboxylic acids is 2. The van der Waals surface area contributed by atoms with E-state index < -0.39 is 24.8 Å². The standard InChI is InChI=1S/C16H20F3NO4/c1-4-23-15(22)11(2)20(3)14(21)9-12-6-5-7-13(8-12)24-10-16(17,18)19/h5-8,11H,4,9-10H2,1-3H3/t11-/m0/s1. The van der Waals surface area contributed by atoms with Crippen LogP contribution in [0.5, 0.6) is 5.75 Å². The first kappa shape index (κ1) is 19.8. The minimum Gasteiger partial charge on any atom is -0.484 e. The molecule has 0 aromatic heterocycles. The van der Waals surface area contributed by atoms with E-state index in [9.17, 15) is 22.8 Å². The van der Waals surface area contributed by atoms with Gasteiger partial charge in [-0.2, -0.15) is 13.2 Å². The zero-order valence-corrected chi connectivity index (χ0v) is 13.7. The van der Waals surface area contributed by atoms with E-state index in [0.717, 1.165) is 0 Å². The lowest BCUT2D eigenvalue weighted by Gasteiger charge is -2.23. The van der Waals surface area contributed by atoms with Gasteiger partial charge in [0.2, 0.25) is 5.91 Å². The number of rotatable bonds is 7. The molecule has 1 rings (SSSR count). The summed E-state index contributed by atoms with van der Waals surface area (Å²) in [7, 11) is 1.47. The van der Waals surface area contributed by atoms with Gasteiger partial charge >= 0.3 is 12.1 Å². The van der Waals surface area contributed by atoms with E-state index in [2.05, 4.69) is 4.74 Å². The van der Waals surface area contributed by atoms with Crippen LogP contribution in [0.4, 0.5) is 13.2 Å². The summed E-state index contributed by atoms with van der Waals surface area (Å²) in [6.07, 6.45) is -4.50. The van der Waals surface area contributed by atoms with E-state index in [-0.39, 0.29) is 24.7 Å². The van der Waals surface area contributed by atoms with Crippen LogP contribution < -0.4 is 4.74 Å². The lowest BCUT2D eigenvalue weighted by atomic mass is 10.1. The van der Waals surface area contributed by atoms with Crippen molar-refractivity contribution in [2.75, 3.05) is 20.3 Å². The number of likely N-dealkylation sites (N-methyl/N-ethyl adjacent to an activating group) is 1. The van der Waals surface area contributed by atoms with Crippen LogP contribution >= 0.6 is 0 Å². The molecule has 0 heterocycles. The smallest absolute Gasteiger partial charge is 0.422 e. The van der Waals surface area contributed by atoms with Crippen molar-refractivity contribution in [1.29, 1.82) is 0 Å². The van der Waals surface area contributed by atoms with Crippen LogP contribution in [0.3, 0.4) is 0 Å². The van der Waals surface area contributed by atoms with Crippen molar-refractivity contribution >= 4 is 11.9 Å². The number of nitrogens with zero attached hydrogens (tertiary/aromatic N) is 1. The third-order valence-corrected chi connectivity index (χ3v) is 3.26. The highest BCUT2D eigenvalue weighted by Gasteiger charge is 2.28. The Bertz CT molecular complexity index is 575. The molecule has 0 unspecified atom stereocenters. The van der Waals surface area contributed by atoms with E-state index in [1.54, 1.807) is 19.9 Å². The van der Waals surface area contributed by atoms with Crippen molar-refractivity contribution in [2.45, 2.75) is 32.5 Å². The van der Waals surface area contributed by atoms with E-state index >= 15 is 0 Å². The van der Waals surface area contributed by atoms with Crippen LogP contribution in [-0.2, 0) is 20.7 Å². The van der Waals surface area contributed by atoms with E-state index in [1.807, 2.05) is 0 Å². The van der Waals surface area contributed by atoms with Crippen LogP contribution in [0.2, 0.25) is 0 Å². The van der Waals surface area contributed by atoms with Crippen molar-refractivity contribution in [1.82, 2.24) is 4.90 Å². The van der Waals surface area contributed by atoms with Crippen LogP contribution in [0.25, 0.3) is 0 Å². The fourth-order valence-electron chi connectivity index (χ4n) is 1.85. The average Bonchev–Trinajstić information content (AvgIpc) is 2.51. The highest BCUT2D eigenvalue weighted by molar-refractivity contribution is 5.85. The third kappa shape index (κ3) is 6.47. The number of hydrogen-bond donors (Lipinski definition) is 0. The van der Waals surface area contributed by atoms with Crippen molar-refractivity contribution < 1.29 is 32.2 Å². The number of amides is 1. The molecule has 0 aliphatic carbocycles. The fourth-order valence-corrected chi connectivity index (χ4v) is 1.85. The van der Waals surface area contributed by atoms with Crippen molar-refractivity contribution in [3.05, 3.63) is 29.8 Å². The van der Waals surface area contributed by atoms with Crippen molar-refractivity contribution in [3.8, 4) is 5.75 Å². The predicted molar refractivity (Wildman–Crippen MR) is 80.6 cm³/mol. The average molecular weight is 347 g/mol. The van der Waals surface area contributed by atoms with Gasteiger partial charge in [-0.1, -0.05) is 12.1 Å². The fraction of sp³-hybridized carbons (Fsp3) is 0.500. The maximum absolute atomic E-state index is 12.2. The number of benzene rings is 1. The normalized spacial score (nSPS) is 12.4. The Kier molecular flexibility index (Phi) is 7.06. The zero-order chi connectivity index (χ0) is 18.3. The molecular weight excluding hydrogens is 327 g/mol. The summed E-state index contributed by atoms with van der Waals surface area (Å²) < 4.78 is 46.0. The minimum atomic E-state index is -4.43. The second kappa shape index (κ2) is 8.56. The molecule has 0 spiro atoms. The van der Waals surface area contributed by atoms with E-state index in [1.165, 1.54) is 30.1 Å². The molecule has 1 amide bonds. The SMILES string of the molecule is CCOC(=O)[C@H](C)N(C)C(=O)Cc1cccc(OCC(F)(F)F)c1. The molecule has 24 heavy (non-hydrogen) atoms. The molecule has 0 N–H and O–H groups in total. The van der Waals surface area contributed by atoms with Gasteiger partial charge in [0.25, 0.3) is 0 Å². The Morgan fingerprint density at radius 3 is 2.54 bits per heavy atom. The van der Waals surface area contributed by atoms with Gasteiger partial charge in [-0.15, -0.1) is 0 Å². The summed E-state index contributed by atoms with van der Waals surface area (Å²) in [6.45, 7) is 2.02. The van der Waals surface area contributed by atoms with Gasteiger partial charge in [-0.25, -0.2) is 4.79 Å². The van der Waals surface area contributed by atoms with Gasteiger partial charge in [0.05, 0.1) is 13.0 Å². The number of halogens is 3. The topological polar surface area (TPSA) is 55.8 Å². The van der Waals surface area contributed by atoms with Gasteiger partial charge in [0.1, 0.15) is 11.8 Å². The first-order chi connectivity index (χ1) is 11.1. The first-order valence-electron chi connectivity index (χ1n) is 7.34. The molecule has 8 heteroatoms. The number of hydrogen-bond acceptors (Lipinski definition) is 4. The summed E-state index contributed by atoms with van der Waals surface area (Å²) in [4.78, 5) is 25.1. The van der Waals surface area contributed by atoms with E-state index in [0.29, 0.717) is 5.56 Å². The molecule has 5 nitrogen and oxygen atoms in total. The Labute approximate surface area is 138 Å². The van der Waals surface area contributed by atoms with Gasteiger partial charge < -0.3 is 14.4 Å². The van der Waals surface area contributed by atoms with Crippen molar-refractivity contribution in [3.63, 3.8) is 0 Å². The maximum Gasteiger partial charge on any atom is 0.422 e. The quantitative estimate of drug-likeness (QED) is 0.712. The Hall–Kier alpha value is -2.25. The second-order valence-corrected chi connectivity index (χ2v) is 5.16. The molecule has 0 saturated heterocycles. The molecule has 134 valence electrons. The summed E-state index contributed by atoms with van der Waals surface area (Å²) in [5.74, 6) is -0.849. The minimum absolute atomic E-state index is 0.0266. The highest BCUT2D eigenvalue weighted by atomic mass is 19.4. The van der Waals surface area contributed by atoms with E-state index in [4.69, 9.17) is 4.74 Å². The van der Waals surface area contributed by atoms with Gasteiger partial charge in [-0.3, -0.25) is 4.79 Å². The van der Waals surface area contributed by atoms with Crippen molar-refractivity contribution in [2.24, 2.45) is 0 Å². The number of ether oxygens (including phenoxy) is 2. The van der Waals surface area contributed by atoms with Gasteiger partial charge in [0, 0.05) is 7.05 Å². The number of esters is 1. The summed E-state index contributed by atoms with van der Waals surface area (Å²) >= 11 is 0. The lowest BCUT2D eigenvalue weighted by Crippen LogP contribution is -2.42. The molecule has 0 fully saturated rings. The summed E-state index contributed by atoms with van der Waals surface area (Å²) in [5.41, 5.74) is 0.489. The van der Waals surface area contributed by atoms with Crippen LogP contribution in [0, 0.1) is 0 Å². The number of carbonyl (C=O) groups is 2. The molecule has 0 aliphatic heterocycles. The zero-order valence-electron chi connectivity index (χ0n) is 13.7. The van der Waals surface area contributed by atoms with Crippen LogP contribution in [0.15, 0.2) is 24.3 Å². The number of alkyl halides is 3. The van der Waals surface area contributed by atoms with Crippen LogP contribution in [-0.4, -0.2) is 49.3 Å². The maximum atomic E-state index is 12.2. The second-order valence-electron chi connectivity index (χ2n) is 5.16. The van der Waals surface area contributed by atoms with Crippen LogP contribution in [0.1, 0.15) is 19.4 Å². The molecule has 0 saturated carbocycles. The van der Waals surface area contributed by atoms with Gasteiger partial charge in [-0.05, 0) is 31.5 Å². The summed E-state index contributed by atoms with van der Waals surface area (Å²) in [6, 6.07) is 5.10. The molecule has 1 atom stereocenters. The molecule has 0 aliphatic rings. The predicted octanol–water partition coefficient (Wildman–Crippen LogP) is 2.58. The largest absolute Gasteiger partial charge is 0.484 e. The lowest BCUT2D eigenvalue weighted by molar-refractivity contribution is -0.153. The molecular formula is C16H20F3NO4. The molecule has 1 aromatic rings. The Morgan fingerprint density at radius 2 is 1.96 bits per heavy atom. The first-order valence-corrected chi connectivity index (χ1v) is 7.34. The molecule has 1 aromatic carbocycles.